The fourth-order valence-electron chi connectivity index (χ4n) is 1.00. The van der Waals surface area contributed by atoms with Crippen molar-refractivity contribution in [2.45, 2.75) is 26.0 Å². The maximum absolute atomic E-state index is 9.24. The molecule has 0 saturated heterocycles. The van der Waals surface area contributed by atoms with Crippen molar-refractivity contribution in [3.05, 3.63) is 12.2 Å². The minimum Gasteiger partial charge on any atom is -0.391 e. The second kappa shape index (κ2) is 4.18. The summed E-state index contributed by atoms with van der Waals surface area (Å²) in [6.45, 7) is 3.01. The molecule has 0 amide bonds. The van der Waals surface area contributed by atoms with Gasteiger partial charge in [-0.3, -0.25) is 4.68 Å². The van der Waals surface area contributed by atoms with E-state index in [-0.39, 0.29) is 6.54 Å². The van der Waals surface area contributed by atoms with Crippen LogP contribution in [0.2, 0.25) is 0 Å². The monoisotopic (exact) mass is 170 g/mol. The first kappa shape index (κ1) is 9.15. The predicted octanol–water partition coefficient (Wildman–Crippen LogP) is -0.840. The molecule has 1 rings (SSSR count). The molecular formula is C7H14N4O. The molecule has 68 valence electrons. The fraction of sp³-hybridized carbons (Fsp3) is 0.714. The lowest BCUT2D eigenvalue weighted by Crippen LogP contribution is -2.24. The van der Waals surface area contributed by atoms with Crippen molar-refractivity contribution >= 4 is 0 Å². The van der Waals surface area contributed by atoms with E-state index in [9.17, 15) is 5.11 Å². The summed E-state index contributed by atoms with van der Waals surface area (Å²) in [7, 11) is 0. The van der Waals surface area contributed by atoms with Gasteiger partial charge in [-0.25, -0.2) is 4.98 Å². The molecule has 1 unspecified atom stereocenters. The molecule has 1 heterocycles. The van der Waals surface area contributed by atoms with Crippen LogP contribution in [0.3, 0.4) is 0 Å². The Morgan fingerprint density at radius 2 is 2.50 bits per heavy atom. The molecule has 1 atom stereocenters. The Morgan fingerprint density at radius 1 is 1.75 bits per heavy atom. The largest absolute Gasteiger partial charge is 0.391 e. The van der Waals surface area contributed by atoms with Crippen LogP contribution in [0.15, 0.2) is 6.33 Å². The zero-order valence-electron chi connectivity index (χ0n) is 7.14. The van der Waals surface area contributed by atoms with Crippen molar-refractivity contribution in [2.75, 3.05) is 6.54 Å². The van der Waals surface area contributed by atoms with Crippen molar-refractivity contribution in [1.82, 2.24) is 14.8 Å². The van der Waals surface area contributed by atoms with Gasteiger partial charge in [-0.2, -0.15) is 5.10 Å². The van der Waals surface area contributed by atoms with Gasteiger partial charge in [-0.05, 0) is 6.92 Å². The molecule has 0 aliphatic heterocycles. The first-order valence-corrected chi connectivity index (χ1v) is 4.02. The van der Waals surface area contributed by atoms with Gasteiger partial charge in [0.25, 0.3) is 0 Å². The first-order chi connectivity index (χ1) is 5.77. The van der Waals surface area contributed by atoms with Crippen LogP contribution in [0.5, 0.6) is 0 Å². The minimum atomic E-state index is -0.514. The highest BCUT2D eigenvalue weighted by Gasteiger charge is 2.07. The van der Waals surface area contributed by atoms with Gasteiger partial charge in [0.2, 0.25) is 0 Å². The molecule has 5 heteroatoms. The molecule has 1 aromatic heterocycles. The molecule has 12 heavy (non-hydrogen) atoms. The third kappa shape index (κ3) is 2.02. The average molecular weight is 170 g/mol. The Kier molecular flexibility index (Phi) is 3.19. The van der Waals surface area contributed by atoms with E-state index in [0.717, 1.165) is 12.4 Å². The van der Waals surface area contributed by atoms with E-state index in [4.69, 9.17) is 5.73 Å². The molecular weight excluding hydrogens is 156 g/mol. The summed E-state index contributed by atoms with van der Waals surface area (Å²) in [5, 5.41) is 13.2. The van der Waals surface area contributed by atoms with E-state index in [2.05, 4.69) is 10.1 Å². The lowest BCUT2D eigenvalue weighted by molar-refractivity contribution is 0.179. The number of hydrogen-bond donors (Lipinski definition) is 2. The Morgan fingerprint density at radius 3 is 3.08 bits per heavy atom. The summed E-state index contributed by atoms with van der Waals surface area (Å²) in [5.41, 5.74) is 5.27. The van der Waals surface area contributed by atoms with Crippen LogP contribution in [0, 0.1) is 0 Å². The van der Waals surface area contributed by atoms with Crippen molar-refractivity contribution in [3.63, 3.8) is 0 Å². The molecule has 0 spiro atoms. The van der Waals surface area contributed by atoms with Gasteiger partial charge in [0.15, 0.2) is 0 Å². The summed E-state index contributed by atoms with van der Waals surface area (Å²) in [6, 6.07) is 0. The normalized spacial score (nSPS) is 13.2. The summed E-state index contributed by atoms with van der Waals surface area (Å²) in [5.74, 6) is 0.787. The Labute approximate surface area is 71.2 Å². The topological polar surface area (TPSA) is 77.0 Å². The van der Waals surface area contributed by atoms with Crippen LogP contribution in [-0.4, -0.2) is 32.5 Å². The second-order valence-corrected chi connectivity index (χ2v) is 2.59. The number of aliphatic hydroxyl groups excluding tert-OH is 1. The second-order valence-electron chi connectivity index (χ2n) is 2.59. The van der Waals surface area contributed by atoms with E-state index in [1.165, 1.54) is 6.33 Å². The average Bonchev–Trinajstić information content (AvgIpc) is 2.51. The van der Waals surface area contributed by atoms with Gasteiger partial charge in [-0.1, -0.05) is 0 Å². The molecule has 0 fully saturated rings. The van der Waals surface area contributed by atoms with E-state index in [1.807, 2.05) is 6.92 Å². The molecule has 0 saturated carbocycles. The van der Waals surface area contributed by atoms with Gasteiger partial charge in [-0.15, -0.1) is 0 Å². The van der Waals surface area contributed by atoms with Crippen LogP contribution in [0.25, 0.3) is 0 Å². The van der Waals surface area contributed by atoms with Crippen LogP contribution < -0.4 is 5.73 Å². The van der Waals surface area contributed by atoms with E-state index >= 15 is 0 Å². The van der Waals surface area contributed by atoms with Crippen molar-refractivity contribution < 1.29 is 5.11 Å². The van der Waals surface area contributed by atoms with Crippen LogP contribution in [0.4, 0.5) is 0 Å². The third-order valence-corrected chi connectivity index (χ3v) is 1.69. The van der Waals surface area contributed by atoms with Crippen molar-refractivity contribution in [1.29, 1.82) is 0 Å². The van der Waals surface area contributed by atoms with Gasteiger partial charge >= 0.3 is 0 Å². The zero-order valence-corrected chi connectivity index (χ0v) is 7.14. The fourth-order valence-corrected chi connectivity index (χ4v) is 1.00. The van der Waals surface area contributed by atoms with Crippen LogP contribution >= 0.6 is 0 Å². The molecule has 0 aliphatic carbocycles. The van der Waals surface area contributed by atoms with Crippen LogP contribution in [0.1, 0.15) is 12.7 Å². The number of aliphatic hydroxyl groups is 1. The summed E-state index contributed by atoms with van der Waals surface area (Å²) in [6.07, 6.45) is 1.45. The first-order valence-electron chi connectivity index (χ1n) is 4.02. The van der Waals surface area contributed by atoms with Crippen LogP contribution in [-0.2, 0) is 13.0 Å². The van der Waals surface area contributed by atoms with Crippen molar-refractivity contribution in [2.24, 2.45) is 5.73 Å². The predicted molar refractivity (Wildman–Crippen MR) is 44.5 cm³/mol. The lowest BCUT2D eigenvalue weighted by atomic mass is 10.2. The summed E-state index contributed by atoms with van der Waals surface area (Å²) in [4.78, 5) is 4.01. The number of nitrogens with two attached hydrogens (primary N) is 1. The maximum Gasteiger partial charge on any atom is 0.138 e. The lowest BCUT2D eigenvalue weighted by Gasteiger charge is -2.06. The highest BCUT2D eigenvalue weighted by molar-refractivity contribution is 4.87. The molecule has 0 radical (unpaired) electrons. The minimum absolute atomic E-state index is 0.260. The molecule has 0 bridgehead atoms. The SMILES string of the molecule is CCn1ncnc1CC(O)CN. The quantitative estimate of drug-likeness (QED) is 0.617. The number of hydrogen-bond acceptors (Lipinski definition) is 4. The number of aromatic nitrogens is 3. The smallest absolute Gasteiger partial charge is 0.138 e. The third-order valence-electron chi connectivity index (χ3n) is 1.69. The molecule has 3 N–H and O–H groups in total. The van der Waals surface area contributed by atoms with Gasteiger partial charge < -0.3 is 10.8 Å². The molecule has 0 aromatic carbocycles. The van der Waals surface area contributed by atoms with Gasteiger partial charge in [0.05, 0.1) is 6.10 Å². The number of nitrogens with zero attached hydrogens (tertiary/aromatic N) is 3. The molecule has 0 aliphatic rings. The zero-order chi connectivity index (χ0) is 8.97. The number of aryl methyl sites for hydroxylation is 1. The van der Waals surface area contributed by atoms with E-state index in [0.29, 0.717) is 6.42 Å². The van der Waals surface area contributed by atoms with Gasteiger partial charge in [0.1, 0.15) is 12.2 Å². The summed E-state index contributed by atoms with van der Waals surface area (Å²) < 4.78 is 1.75. The van der Waals surface area contributed by atoms with E-state index in [1.54, 1.807) is 4.68 Å². The standard InChI is InChI=1S/C7H14N4O/c1-2-11-7(9-5-10-11)3-6(12)4-8/h5-6,12H,2-4,8H2,1H3. The van der Waals surface area contributed by atoms with Gasteiger partial charge in [0, 0.05) is 19.5 Å². The highest BCUT2D eigenvalue weighted by Crippen LogP contribution is 1.98. The van der Waals surface area contributed by atoms with Crippen molar-refractivity contribution in [3.8, 4) is 0 Å². The molecule has 5 nitrogen and oxygen atoms in total. The van der Waals surface area contributed by atoms with E-state index < -0.39 is 6.10 Å². The Bertz CT molecular complexity index is 235. The Balaban J connectivity index is 2.61. The highest BCUT2D eigenvalue weighted by atomic mass is 16.3. The Hall–Kier alpha value is -0.940. The summed E-state index contributed by atoms with van der Waals surface area (Å²) >= 11 is 0. The number of rotatable bonds is 4. The maximum atomic E-state index is 9.24. The molecule has 1 aromatic rings.